The van der Waals surface area contributed by atoms with Crippen LogP contribution in [0.5, 0.6) is 5.75 Å². The van der Waals surface area contributed by atoms with Gasteiger partial charge in [0.2, 0.25) is 5.90 Å². The van der Waals surface area contributed by atoms with Crippen molar-refractivity contribution in [2.45, 2.75) is 39.5 Å². The van der Waals surface area contributed by atoms with E-state index in [4.69, 9.17) is 9.47 Å². The first kappa shape index (κ1) is 18.9. The number of carbonyl (C=O) groups is 1. The highest BCUT2D eigenvalue weighted by atomic mass is 16.6. The Morgan fingerprint density at radius 1 is 1.07 bits per heavy atom. The van der Waals surface area contributed by atoms with Crippen LogP contribution in [0.2, 0.25) is 0 Å². The van der Waals surface area contributed by atoms with Crippen molar-refractivity contribution in [2.75, 3.05) is 6.61 Å². The number of hydrogen-bond acceptors (Lipinski definition) is 4. The summed E-state index contributed by atoms with van der Waals surface area (Å²) in [4.78, 5) is 16.5. The SMILES string of the molecule is CCCCCCOc1ccc(/C=C2\N=C(c3cccc(C)c3)OC2=O)cc1. The van der Waals surface area contributed by atoms with Gasteiger partial charge in [-0.3, -0.25) is 0 Å². The van der Waals surface area contributed by atoms with Crippen molar-refractivity contribution in [3.8, 4) is 5.75 Å². The zero-order valence-electron chi connectivity index (χ0n) is 15.9. The molecule has 1 heterocycles. The molecule has 0 bridgehead atoms. The van der Waals surface area contributed by atoms with E-state index in [2.05, 4.69) is 11.9 Å². The lowest BCUT2D eigenvalue weighted by Crippen LogP contribution is -2.05. The van der Waals surface area contributed by atoms with Crippen LogP contribution in [0.4, 0.5) is 0 Å². The van der Waals surface area contributed by atoms with Crippen LogP contribution >= 0.6 is 0 Å². The van der Waals surface area contributed by atoms with Gasteiger partial charge in [0, 0.05) is 5.56 Å². The number of cyclic esters (lactones) is 1. The molecule has 1 aliphatic heterocycles. The largest absolute Gasteiger partial charge is 0.494 e. The average molecular weight is 363 g/mol. The molecule has 140 valence electrons. The van der Waals surface area contributed by atoms with Crippen LogP contribution in [0, 0.1) is 6.92 Å². The number of unbranched alkanes of at least 4 members (excludes halogenated alkanes) is 3. The fourth-order valence-electron chi connectivity index (χ4n) is 2.85. The van der Waals surface area contributed by atoms with E-state index < -0.39 is 5.97 Å². The van der Waals surface area contributed by atoms with Crippen LogP contribution in [0.1, 0.15) is 49.3 Å². The normalized spacial score (nSPS) is 15.0. The maximum Gasteiger partial charge on any atom is 0.363 e. The molecule has 2 aromatic carbocycles. The van der Waals surface area contributed by atoms with Gasteiger partial charge in [0.1, 0.15) is 5.75 Å². The number of esters is 1. The first-order chi connectivity index (χ1) is 13.2. The van der Waals surface area contributed by atoms with Crippen LogP contribution in [-0.4, -0.2) is 18.5 Å². The fourth-order valence-corrected chi connectivity index (χ4v) is 2.85. The smallest absolute Gasteiger partial charge is 0.363 e. The molecule has 0 radical (unpaired) electrons. The summed E-state index contributed by atoms with van der Waals surface area (Å²) in [5, 5.41) is 0. The van der Waals surface area contributed by atoms with E-state index in [1.165, 1.54) is 19.3 Å². The van der Waals surface area contributed by atoms with Gasteiger partial charge in [0.05, 0.1) is 6.61 Å². The van der Waals surface area contributed by atoms with Crippen molar-refractivity contribution in [2.24, 2.45) is 4.99 Å². The van der Waals surface area contributed by atoms with E-state index in [0.717, 1.165) is 35.5 Å². The third kappa shape index (κ3) is 5.30. The third-order valence-corrected chi connectivity index (χ3v) is 4.34. The Labute approximate surface area is 160 Å². The molecule has 0 spiro atoms. The highest BCUT2D eigenvalue weighted by Gasteiger charge is 2.24. The third-order valence-electron chi connectivity index (χ3n) is 4.34. The molecule has 0 saturated heterocycles. The van der Waals surface area contributed by atoms with E-state index in [1.54, 1.807) is 6.08 Å². The summed E-state index contributed by atoms with van der Waals surface area (Å²) < 4.78 is 11.1. The maximum atomic E-state index is 12.1. The first-order valence-electron chi connectivity index (χ1n) is 9.48. The predicted molar refractivity (Wildman–Crippen MR) is 108 cm³/mol. The van der Waals surface area contributed by atoms with Crippen LogP contribution in [0.15, 0.2) is 59.2 Å². The number of carbonyl (C=O) groups excluding carboxylic acids is 1. The van der Waals surface area contributed by atoms with Crippen LogP contribution < -0.4 is 4.74 Å². The number of aryl methyl sites for hydroxylation is 1. The molecule has 0 unspecified atom stereocenters. The number of hydrogen-bond donors (Lipinski definition) is 0. The van der Waals surface area contributed by atoms with Gasteiger partial charge in [-0.2, -0.15) is 0 Å². The summed E-state index contributed by atoms with van der Waals surface area (Å²) in [5.74, 6) is 0.760. The Hall–Kier alpha value is -2.88. The second-order valence-electron chi connectivity index (χ2n) is 6.68. The van der Waals surface area contributed by atoms with Gasteiger partial charge in [-0.1, -0.05) is 56.0 Å². The van der Waals surface area contributed by atoms with Crippen molar-refractivity contribution in [1.82, 2.24) is 0 Å². The molecule has 0 amide bonds. The lowest BCUT2D eigenvalue weighted by molar-refractivity contribution is -0.129. The van der Waals surface area contributed by atoms with Gasteiger partial charge in [-0.05, 0) is 49.2 Å². The average Bonchev–Trinajstić information content (AvgIpc) is 3.03. The second kappa shape index (κ2) is 9.17. The second-order valence-corrected chi connectivity index (χ2v) is 6.68. The topological polar surface area (TPSA) is 47.9 Å². The van der Waals surface area contributed by atoms with E-state index >= 15 is 0 Å². The monoisotopic (exact) mass is 363 g/mol. The summed E-state index contributed by atoms with van der Waals surface area (Å²) in [5.41, 5.74) is 3.08. The molecule has 4 heteroatoms. The minimum atomic E-state index is -0.428. The molecular weight excluding hydrogens is 338 g/mol. The van der Waals surface area contributed by atoms with Gasteiger partial charge in [-0.15, -0.1) is 0 Å². The molecule has 0 fully saturated rings. The molecule has 0 aromatic heterocycles. The fraction of sp³-hybridized carbons (Fsp3) is 0.304. The van der Waals surface area contributed by atoms with Gasteiger partial charge in [-0.25, -0.2) is 9.79 Å². The molecule has 27 heavy (non-hydrogen) atoms. The number of aliphatic imine (C=N–C) groups is 1. The molecule has 0 atom stereocenters. The lowest BCUT2D eigenvalue weighted by atomic mass is 10.1. The molecule has 0 aliphatic carbocycles. The number of rotatable bonds is 8. The summed E-state index contributed by atoms with van der Waals surface area (Å²) in [6.07, 6.45) is 6.47. The highest BCUT2D eigenvalue weighted by molar-refractivity contribution is 6.12. The number of nitrogens with zero attached hydrogens (tertiary/aromatic N) is 1. The first-order valence-corrected chi connectivity index (χ1v) is 9.48. The van der Waals surface area contributed by atoms with Crippen LogP contribution in [-0.2, 0) is 9.53 Å². The standard InChI is InChI=1S/C23H25NO3/c1-3-4-5-6-14-26-20-12-10-18(11-13-20)16-21-23(25)27-22(24-21)19-9-7-8-17(2)15-19/h7-13,15-16H,3-6,14H2,1-2H3/b21-16-. The maximum absolute atomic E-state index is 12.1. The van der Waals surface area contributed by atoms with Crippen molar-refractivity contribution < 1.29 is 14.3 Å². The van der Waals surface area contributed by atoms with Gasteiger partial charge < -0.3 is 9.47 Å². The zero-order chi connectivity index (χ0) is 19.1. The van der Waals surface area contributed by atoms with Gasteiger partial charge in [0.15, 0.2) is 5.70 Å². The Balaban J connectivity index is 1.64. The Kier molecular flexibility index (Phi) is 6.42. The summed E-state index contributed by atoms with van der Waals surface area (Å²) in [6, 6.07) is 15.4. The van der Waals surface area contributed by atoms with E-state index in [0.29, 0.717) is 11.6 Å². The Morgan fingerprint density at radius 3 is 2.63 bits per heavy atom. The Bertz CT molecular complexity index is 850. The van der Waals surface area contributed by atoms with E-state index in [1.807, 2.05) is 55.5 Å². The van der Waals surface area contributed by atoms with Crippen LogP contribution in [0.25, 0.3) is 6.08 Å². The number of benzene rings is 2. The van der Waals surface area contributed by atoms with Crippen molar-refractivity contribution in [1.29, 1.82) is 0 Å². The van der Waals surface area contributed by atoms with Gasteiger partial charge in [0.25, 0.3) is 0 Å². The van der Waals surface area contributed by atoms with Crippen molar-refractivity contribution >= 4 is 17.9 Å². The van der Waals surface area contributed by atoms with Gasteiger partial charge >= 0.3 is 5.97 Å². The molecule has 0 saturated carbocycles. The predicted octanol–water partition coefficient (Wildman–Crippen LogP) is 5.30. The summed E-state index contributed by atoms with van der Waals surface area (Å²) >= 11 is 0. The van der Waals surface area contributed by atoms with E-state index in [9.17, 15) is 4.79 Å². The minimum absolute atomic E-state index is 0.305. The molecule has 1 aliphatic rings. The Morgan fingerprint density at radius 2 is 1.89 bits per heavy atom. The summed E-state index contributed by atoms with van der Waals surface area (Å²) in [7, 11) is 0. The lowest BCUT2D eigenvalue weighted by Gasteiger charge is -2.06. The minimum Gasteiger partial charge on any atom is -0.494 e. The zero-order valence-corrected chi connectivity index (χ0v) is 15.9. The molecular formula is C23H25NO3. The van der Waals surface area contributed by atoms with Crippen molar-refractivity contribution in [3.63, 3.8) is 0 Å². The van der Waals surface area contributed by atoms with Crippen LogP contribution in [0.3, 0.4) is 0 Å². The number of ether oxygens (including phenoxy) is 2. The van der Waals surface area contributed by atoms with Crippen molar-refractivity contribution in [3.05, 3.63) is 70.9 Å². The highest BCUT2D eigenvalue weighted by Crippen LogP contribution is 2.21. The molecule has 4 nitrogen and oxygen atoms in total. The molecule has 0 N–H and O–H groups in total. The molecule has 3 rings (SSSR count). The summed E-state index contributed by atoms with van der Waals surface area (Å²) in [6.45, 7) is 4.92. The molecule has 2 aromatic rings. The quantitative estimate of drug-likeness (QED) is 0.363. The van der Waals surface area contributed by atoms with E-state index in [-0.39, 0.29) is 0 Å².